The summed E-state index contributed by atoms with van der Waals surface area (Å²) < 4.78 is 1.79. The van der Waals surface area contributed by atoms with Crippen LogP contribution in [0.15, 0.2) is 78.9 Å². The van der Waals surface area contributed by atoms with Gasteiger partial charge < -0.3 is 15.5 Å². The molecule has 0 unspecified atom stereocenters. The van der Waals surface area contributed by atoms with Crippen LogP contribution in [0.1, 0.15) is 50.4 Å². The maximum atomic E-state index is 13.6. The van der Waals surface area contributed by atoms with E-state index in [0.29, 0.717) is 24.0 Å². The van der Waals surface area contributed by atoms with Crippen LogP contribution in [-0.2, 0) is 4.79 Å². The molecule has 7 nitrogen and oxygen atoms in total. The zero-order valence-corrected chi connectivity index (χ0v) is 24.2. The Morgan fingerprint density at radius 1 is 0.850 bits per heavy atom. The third kappa shape index (κ3) is 6.78. The van der Waals surface area contributed by atoms with Gasteiger partial charge in [-0.05, 0) is 60.6 Å². The first-order valence-electron chi connectivity index (χ1n) is 13.8. The highest BCUT2D eigenvalue weighted by Crippen LogP contribution is 2.34. The minimum Gasteiger partial charge on any atom is -0.315 e. The van der Waals surface area contributed by atoms with Crippen molar-refractivity contribution in [1.82, 2.24) is 14.7 Å². The fourth-order valence-electron chi connectivity index (χ4n) is 4.73. The second-order valence-electron chi connectivity index (χ2n) is 10.9. The number of aryl methyl sites for hydroxylation is 2. The molecule has 3 amide bonds. The SMILES string of the molecule is Cc1ccccc1-n1nc(C)c(-c2ccccc2)c1NC(=O)CN(CC(C)C)C(=O)Nc1ccc(C(C)C)cc1. The van der Waals surface area contributed by atoms with Gasteiger partial charge in [-0.25, -0.2) is 9.48 Å². The molecule has 0 saturated carbocycles. The van der Waals surface area contributed by atoms with Gasteiger partial charge in [-0.2, -0.15) is 5.10 Å². The molecule has 4 rings (SSSR count). The van der Waals surface area contributed by atoms with Gasteiger partial charge >= 0.3 is 6.03 Å². The number of nitrogens with zero attached hydrogens (tertiary/aromatic N) is 3. The molecular weight excluding hydrogens is 498 g/mol. The molecule has 4 aromatic rings. The Hall–Kier alpha value is -4.39. The van der Waals surface area contributed by atoms with Gasteiger partial charge in [0.25, 0.3) is 0 Å². The summed E-state index contributed by atoms with van der Waals surface area (Å²) in [5.41, 5.74) is 6.41. The molecule has 0 bridgehead atoms. The second kappa shape index (κ2) is 12.6. The smallest absolute Gasteiger partial charge is 0.315 e. The van der Waals surface area contributed by atoms with E-state index < -0.39 is 0 Å². The Bertz CT molecular complexity index is 1460. The van der Waals surface area contributed by atoms with Gasteiger partial charge in [-0.3, -0.25) is 4.79 Å². The molecule has 0 fully saturated rings. The average Bonchev–Trinajstić information content (AvgIpc) is 3.24. The second-order valence-corrected chi connectivity index (χ2v) is 10.9. The number of benzene rings is 3. The monoisotopic (exact) mass is 537 g/mol. The number of urea groups is 1. The van der Waals surface area contributed by atoms with Gasteiger partial charge in [0.1, 0.15) is 12.4 Å². The van der Waals surface area contributed by atoms with Crippen molar-refractivity contribution >= 4 is 23.4 Å². The van der Waals surface area contributed by atoms with Crippen molar-refractivity contribution in [2.75, 3.05) is 23.7 Å². The molecule has 1 heterocycles. The van der Waals surface area contributed by atoms with E-state index >= 15 is 0 Å². The molecule has 3 aromatic carbocycles. The Balaban J connectivity index is 1.62. The van der Waals surface area contributed by atoms with Gasteiger partial charge in [0.05, 0.1) is 11.4 Å². The van der Waals surface area contributed by atoms with Crippen LogP contribution in [0, 0.1) is 19.8 Å². The number of hydrogen-bond donors (Lipinski definition) is 2. The molecule has 7 heteroatoms. The van der Waals surface area contributed by atoms with E-state index in [1.807, 2.05) is 107 Å². The summed E-state index contributed by atoms with van der Waals surface area (Å²) in [5, 5.41) is 10.9. The summed E-state index contributed by atoms with van der Waals surface area (Å²) >= 11 is 0. The lowest BCUT2D eigenvalue weighted by atomic mass is 10.0. The fraction of sp³-hybridized carbons (Fsp3) is 0.303. The number of carbonyl (C=O) groups excluding carboxylic acids is 2. The van der Waals surface area contributed by atoms with E-state index in [1.54, 1.807) is 9.58 Å². The number of nitrogens with one attached hydrogen (secondary N) is 2. The summed E-state index contributed by atoms with van der Waals surface area (Å²) in [4.78, 5) is 28.4. The third-order valence-electron chi connectivity index (χ3n) is 6.76. The van der Waals surface area contributed by atoms with Crippen molar-refractivity contribution in [3.63, 3.8) is 0 Å². The summed E-state index contributed by atoms with van der Waals surface area (Å²) in [5.74, 6) is 0.875. The molecule has 0 aliphatic carbocycles. The van der Waals surface area contributed by atoms with Gasteiger partial charge in [0.15, 0.2) is 0 Å². The van der Waals surface area contributed by atoms with Crippen molar-refractivity contribution in [3.05, 3.63) is 95.7 Å². The van der Waals surface area contributed by atoms with E-state index in [0.717, 1.165) is 28.1 Å². The number of para-hydroxylation sites is 1. The van der Waals surface area contributed by atoms with Crippen molar-refractivity contribution in [2.24, 2.45) is 5.92 Å². The molecule has 0 aliphatic heterocycles. The number of hydrogen-bond acceptors (Lipinski definition) is 3. The molecular formula is C33H39N5O2. The topological polar surface area (TPSA) is 79.3 Å². The van der Waals surface area contributed by atoms with Crippen molar-refractivity contribution in [2.45, 2.75) is 47.5 Å². The Labute approximate surface area is 237 Å². The van der Waals surface area contributed by atoms with Crippen LogP contribution in [0.5, 0.6) is 0 Å². The summed E-state index contributed by atoms with van der Waals surface area (Å²) in [6.07, 6.45) is 0. The highest BCUT2D eigenvalue weighted by atomic mass is 16.2. The lowest BCUT2D eigenvalue weighted by Crippen LogP contribution is -2.42. The standard InChI is InChI=1S/C33H39N5O2/c1-22(2)20-37(33(40)34-28-18-16-26(17-19-28)23(3)4)21-30(39)35-32-31(27-13-8-7-9-14-27)25(6)36-38(32)29-15-11-10-12-24(29)5/h7-19,22-23H,20-21H2,1-6H3,(H,34,40)(H,35,39). The Morgan fingerprint density at radius 3 is 2.12 bits per heavy atom. The highest BCUT2D eigenvalue weighted by molar-refractivity contribution is 5.99. The number of aromatic nitrogens is 2. The first kappa shape index (κ1) is 28.6. The lowest BCUT2D eigenvalue weighted by Gasteiger charge is -2.25. The van der Waals surface area contributed by atoms with E-state index in [1.165, 1.54) is 5.56 Å². The van der Waals surface area contributed by atoms with Crippen LogP contribution in [0.4, 0.5) is 16.3 Å². The Morgan fingerprint density at radius 2 is 1.50 bits per heavy atom. The van der Waals surface area contributed by atoms with Crippen molar-refractivity contribution in [3.8, 4) is 16.8 Å². The third-order valence-corrected chi connectivity index (χ3v) is 6.76. The summed E-state index contributed by atoms with van der Waals surface area (Å²) in [7, 11) is 0. The molecule has 0 spiro atoms. The van der Waals surface area contributed by atoms with Gasteiger partial charge in [-0.1, -0.05) is 88.4 Å². The van der Waals surface area contributed by atoms with Crippen LogP contribution in [0.25, 0.3) is 16.8 Å². The van der Waals surface area contributed by atoms with E-state index in [9.17, 15) is 9.59 Å². The van der Waals surface area contributed by atoms with E-state index in [-0.39, 0.29) is 24.4 Å². The first-order valence-corrected chi connectivity index (χ1v) is 13.8. The van der Waals surface area contributed by atoms with Crippen molar-refractivity contribution < 1.29 is 9.59 Å². The maximum absolute atomic E-state index is 13.6. The quantitative estimate of drug-likeness (QED) is 0.233. The number of anilines is 2. The summed E-state index contributed by atoms with van der Waals surface area (Å²) in [6, 6.07) is 25.3. The predicted molar refractivity (Wildman–Crippen MR) is 163 cm³/mol. The van der Waals surface area contributed by atoms with Gasteiger partial charge in [0.2, 0.25) is 5.91 Å². The molecule has 40 heavy (non-hydrogen) atoms. The average molecular weight is 538 g/mol. The number of rotatable bonds is 9. The minimum atomic E-state index is -0.312. The maximum Gasteiger partial charge on any atom is 0.322 e. The van der Waals surface area contributed by atoms with E-state index in [2.05, 4.69) is 24.5 Å². The molecule has 0 radical (unpaired) electrons. The highest BCUT2D eigenvalue weighted by Gasteiger charge is 2.24. The zero-order valence-electron chi connectivity index (χ0n) is 24.2. The van der Waals surface area contributed by atoms with E-state index in [4.69, 9.17) is 5.10 Å². The lowest BCUT2D eigenvalue weighted by molar-refractivity contribution is -0.116. The first-order chi connectivity index (χ1) is 19.1. The Kier molecular flexibility index (Phi) is 9.04. The predicted octanol–water partition coefficient (Wildman–Crippen LogP) is 7.41. The number of carbonyl (C=O) groups is 2. The normalized spacial score (nSPS) is 11.1. The van der Waals surface area contributed by atoms with Crippen LogP contribution in [-0.4, -0.2) is 39.7 Å². The molecule has 0 saturated heterocycles. The largest absolute Gasteiger partial charge is 0.322 e. The van der Waals surface area contributed by atoms with Crippen LogP contribution >= 0.6 is 0 Å². The molecule has 0 atom stereocenters. The van der Waals surface area contributed by atoms with Gasteiger partial charge in [-0.15, -0.1) is 0 Å². The number of amides is 3. The van der Waals surface area contributed by atoms with Crippen LogP contribution in [0.3, 0.4) is 0 Å². The minimum absolute atomic E-state index is 0.0969. The molecule has 2 N–H and O–H groups in total. The van der Waals surface area contributed by atoms with Crippen LogP contribution < -0.4 is 10.6 Å². The summed E-state index contributed by atoms with van der Waals surface area (Å²) in [6.45, 7) is 12.6. The van der Waals surface area contributed by atoms with Crippen molar-refractivity contribution in [1.29, 1.82) is 0 Å². The molecule has 208 valence electrons. The zero-order chi connectivity index (χ0) is 28.8. The van der Waals surface area contributed by atoms with Crippen LogP contribution in [0.2, 0.25) is 0 Å². The molecule has 1 aromatic heterocycles. The van der Waals surface area contributed by atoms with Gasteiger partial charge in [0, 0.05) is 17.8 Å². The fourth-order valence-corrected chi connectivity index (χ4v) is 4.73. The molecule has 0 aliphatic rings.